The molecule has 3 nitrogen and oxygen atoms in total. The highest BCUT2D eigenvalue weighted by Gasteiger charge is 2.29. The van der Waals surface area contributed by atoms with Crippen molar-refractivity contribution in [2.45, 2.75) is 17.4 Å². The van der Waals surface area contributed by atoms with Crippen LogP contribution in [0.1, 0.15) is 5.56 Å². The number of carbonyl (C=O) groups excluding carboxylic acids is 1. The summed E-state index contributed by atoms with van der Waals surface area (Å²) in [7, 11) is 0.374. The molecular weight excluding hydrogens is 260 g/mol. The van der Waals surface area contributed by atoms with Crippen molar-refractivity contribution >= 4 is 16.6 Å². The molecule has 0 amide bonds. The van der Waals surface area contributed by atoms with Crippen molar-refractivity contribution in [3.8, 4) is 0 Å². The Morgan fingerprint density at radius 1 is 1.16 bits per heavy atom. The second kappa shape index (κ2) is 5.63. The van der Waals surface area contributed by atoms with E-state index in [4.69, 9.17) is 4.74 Å². The zero-order chi connectivity index (χ0) is 13.9. The number of methoxy groups -OCH3 is 1. The molecule has 1 aliphatic rings. The summed E-state index contributed by atoms with van der Waals surface area (Å²) in [6.07, 6.45) is 6.24. The quantitative estimate of drug-likeness (QED) is 0.846. The fourth-order valence-corrected chi connectivity index (χ4v) is 3.15. The highest BCUT2D eigenvalue weighted by atomic mass is 32.2. The van der Waals surface area contributed by atoms with E-state index in [-0.39, 0.29) is 5.78 Å². The molecule has 0 heterocycles. The average Bonchev–Trinajstić information content (AvgIpc) is 2.42. The van der Waals surface area contributed by atoms with E-state index in [0.717, 1.165) is 10.5 Å². The molecule has 1 aromatic rings. The number of ketones is 1. The smallest absolute Gasteiger partial charge is 0.178 e. The lowest BCUT2D eigenvalue weighted by molar-refractivity contribution is -0.110. The van der Waals surface area contributed by atoms with Crippen LogP contribution in [0.15, 0.2) is 53.5 Å². The Hall–Kier alpha value is -1.52. The molecule has 100 valence electrons. The van der Waals surface area contributed by atoms with Crippen LogP contribution in [-0.4, -0.2) is 28.5 Å². The van der Waals surface area contributed by atoms with Gasteiger partial charge >= 0.3 is 0 Å². The van der Waals surface area contributed by atoms with Crippen molar-refractivity contribution in [2.75, 3.05) is 12.9 Å². The molecule has 1 aromatic carbocycles. The highest BCUT2D eigenvalue weighted by Crippen LogP contribution is 2.22. The third kappa shape index (κ3) is 3.28. The summed E-state index contributed by atoms with van der Waals surface area (Å²) < 4.78 is 17.8. The van der Waals surface area contributed by atoms with Crippen LogP contribution in [0, 0.1) is 6.92 Å². The molecule has 1 aliphatic carbocycles. The zero-order valence-electron chi connectivity index (χ0n) is 11.0. The van der Waals surface area contributed by atoms with Crippen molar-refractivity contribution in [2.24, 2.45) is 0 Å². The van der Waals surface area contributed by atoms with Gasteiger partial charge in [-0.3, -0.25) is 9.00 Å². The maximum Gasteiger partial charge on any atom is 0.178 e. The second-order valence-corrected chi connectivity index (χ2v) is 5.98. The normalized spacial score (nSPS) is 18.5. The Balaban J connectivity index is 2.17. The Morgan fingerprint density at radius 3 is 2.26 bits per heavy atom. The van der Waals surface area contributed by atoms with Crippen molar-refractivity contribution in [3.05, 3.63) is 54.1 Å². The number of carbonyl (C=O) groups is 1. The molecule has 0 radical (unpaired) electrons. The van der Waals surface area contributed by atoms with E-state index in [1.807, 2.05) is 31.2 Å². The number of rotatable bonds is 4. The molecule has 0 saturated heterocycles. The molecule has 19 heavy (non-hydrogen) atoms. The van der Waals surface area contributed by atoms with Gasteiger partial charge in [-0.15, -0.1) is 0 Å². The first-order chi connectivity index (χ1) is 9.04. The number of benzene rings is 1. The summed E-state index contributed by atoms with van der Waals surface area (Å²) in [4.78, 5) is 11.9. The van der Waals surface area contributed by atoms with E-state index >= 15 is 0 Å². The standard InChI is InChI=1S/C15H16O3S/c1-12-3-5-14(6-4-12)19(17)11-15(18-2)9-7-13(16)8-10-15/h3-10H,11H2,1-2H3. The molecule has 1 unspecified atom stereocenters. The van der Waals surface area contributed by atoms with Crippen LogP contribution in [0.4, 0.5) is 0 Å². The van der Waals surface area contributed by atoms with Crippen molar-refractivity contribution in [3.63, 3.8) is 0 Å². The first-order valence-corrected chi connectivity index (χ1v) is 7.29. The van der Waals surface area contributed by atoms with Crippen LogP contribution in [0.3, 0.4) is 0 Å². The van der Waals surface area contributed by atoms with Crippen molar-refractivity contribution in [1.82, 2.24) is 0 Å². The molecule has 0 spiro atoms. The van der Waals surface area contributed by atoms with Gasteiger partial charge in [0.05, 0.1) is 16.6 Å². The lowest BCUT2D eigenvalue weighted by Crippen LogP contribution is -2.35. The predicted molar refractivity (Wildman–Crippen MR) is 75.5 cm³/mol. The largest absolute Gasteiger partial charge is 0.369 e. The summed E-state index contributed by atoms with van der Waals surface area (Å²) in [6.45, 7) is 1.99. The monoisotopic (exact) mass is 276 g/mol. The Morgan fingerprint density at radius 2 is 1.74 bits per heavy atom. The Bertz CT molecular complexity index is 539. The zero-order valence-corrected chi connectivity index (χ0v) is 11.8. The minimum Gasteiger partial charge on any atom is -0.369 e. The third-order valence-corrected chi connectivity index (χ3v) is 4.59. The highest BCUT2D eigenvalue weighted by molar-refractivity contribution is 7.85. The van der Waals surface area contributed by atoms with E-state index in [1.165, 1.54) is 12.2 Å². The van der Waals surface area contributed by atoms with Crippen LogP contribution in [0.5, 0.6) is 0 Å². The first kappa shape index (κ1) is 13.9. The van der Waals surface area contributed by atoms with Gasteiger partial charge in [0.25, 0.3) is 0 Å². The van der Waals surface area contributed by atoms with E-state index in [0.29, 0.717) is 5.75 Å². The molecule has 2 rings (SSSR count). The average molecular weight is 276 g/mol. The first-order valence-electron chi connectivity index (χ1n) is 5.97. The molecule has 0 N–H and O–H groups in total. The van der Waals surface area contributed by atoms with Gasteiger partial charge in [0.2, 0.25) is 0 Å². The topological polar surface area (TPSA) is 43.4 Å². The molecule has 0 saturated carbocycles. The number of ether oxygens (including phenoxy) is 1. The van der Waals surface area contributed by atoms with Crippen LogP contribution in [-0.2, 0) is 20.3 Å². The minimum absolute atomic E-state index is 0.0752. The number of allylic oxidation sites excluding steroid dienone is 2. The van der Waals surface area contributed by atoms with Gasteiger partial charge in [-0.25, -0.2) is 0 Å². The van der Waals surface area contributed by atoms with Gasteiger partial charge in [-0.1, -0.05) is 17.7 Å². The summed E-state index contributed by atoms with van der Waals surface area (Å²) in [5.41, 5.74) is 0.370. The number of aryl methyl sites for hydroxylation is 1. The summed E-state index contributed by atoms with van der Waals surface area (Å²) in [6, 6.07) is 7.58. The minimum atomic E-state index is -1.18. The summed E-state index contributed by atoms with van der Waals surface area (Å²) in [5.74, 6) is 0.223. The van der Waals surface area contributed by atoms with Crippen LogP contribution in [0.2, 0.25) is 0 Å². The van der Waals surface area contributed by atoms with E-state index in [2.05, 4.69) is 0 Å². The van der Waals surface area contributed by atoms with Gasteiger partial charge in [0.1, 0.15) is 5.60 Å². The van der Waals surface area contributed by atoms with E-state index in [1.54, 1.807) is 19.3 Å². The lowest BCUT2D eigenvalue weighted by atomic mass is 10.00. The van der Waals surface area contributed by atoms with Crippen LogP contribution >= 0.6 is 0 Å². The van der Waals surface area contributed by atoms with E-state index < -0.39 is 16.4 Å². The lowest BCUT2D eigenvalue weighted by Gasteiger charge is -2.26. The fourth-order valence-electron chi connectivity index (χ4n) is 1.83. The SMILES string of the molecule is COC1(CS(=O)c2ccc(C)cc2)C=CC(=O)C=C1. The molecule has 0 aromatic heterocycles. The Kier molecular flexibility index (Phi) is 4.12. The van der Waals surface area contributed by atoms with Crippen molar-refractivity contribution in [1.29, 1.82) is 0 Å². The Labute approximate surface area is 115 Å². The number of hydrogen-bond donors (Lipinski definition) is 0. The summed E-state index contributed by atoms with van der Waals surface area (Å²) >= 11 is 0. The third-order valence-electron chi connectivity index (χ3n) is 3.08. The van der Waals surface area contributed by atoms with Gasteiger partial charge in [-0.05, 0) is 43.4 Å². The van der Waals surface area contributed by atoms with E-state index in [9.17, 15) is 9.00 Å². The number of hydrogen-bond acceptors (Lipinski definition) is 3. The second-order valence-electron chi connectivity index (χ2n) is 4.53. The molecule has 1 atom stereocenters. The molecular formula is C15H16O3S. The maximum atomic E-state index is 12.3. The molecule has 0 fully saturated rings. The molecule has 4 heteroatoms. The van der Waals surface area contributed by atoms with Crippen LogP contribution < -0.4 is 0 Å². The van der Waals surface area contributed by atoms with Gasteiger partial charge in [0, 0.05) is 12.0 Å². The van der Waals surface area contributed by atoms with Crippen molar-refractivity contribution < 1.29 is 13.7 Å². The van der Waals surface area contributed by atoms with Gasteiger partial charge < -0.3 is 4.74 Å². The van der Waals surface area contributed by atoms with Gasteiger partial charge in [-0.2, -0.15) is 0 Å². The predicted octanol–water partition coefficient (Wildman–Crippen LogP) is 2.18. The molecule has 0 bridgehead atoms. The fraction of sp³-hybridized carbons (Fsp3) is 0.267. The molecule has 0 aliphatic heterocycles. The van der Waals surface area contributed by atoms with Gasteiger partial charge in [0.15, 0.2) is 5.78 Å². The summed E-state index contributed by atoms with van der Waals surface area (Å²) in [5, 5.41) is 0. The van der Waals surface area contributed by atoms with Crippen LogP contribution in [0.25, 0.3) is 0 Å². The maximum absolute atomic E-state index is 12.3.